The number of ether oxygens (including phenoxy) is 1. The SMILES string of the molecule is CCN(CC)CCNc1nc(-c2ccncc2)nc2c1CCN(Cc1ccc(OC)cc1)C2. The molecule has 3 heterocycles. The lowest BCUT2D eigenvalue weighted by Crippen LogP contribution is -2.33. The Kier molecular flexibility index (Phi) is 7.86. The first-order chi connectivity index (χ1) is 16.2. The molecule has 174 valence electrons. The van der Waals surface area contributed by atoms with E-state index in [1.807, 2.05) is 24.3 Å². The molecular weight excluding hydrogens is 412 g/mol. The number of nitrogens with zero attached hydrogens (tertiary/aromatic N) is 5. The van der Waals surface area contributed by atoms with Gasteiger partial charge in [-0.2, -0.15) is 0 Å². The van der Waals surface area contributed by atoms with Gasteiger partial charge in [-0.1, -0.05) is 26.0 Å². The maximum Gasteiger partial charge on any atom is 0.161 e. The average Bonchev–Trinajstić information content (AvgIpc) is 2.87. The molecule has 0 atom stereocenters. The van der Waals surface area contributed by atoms with Crippen LogP contribution in [0.15, 0.2) is 48.8 Å². The van der Waals surface area contributed by atoms with Gasteiger partial charge in [-0.05, 0) is 49.3 Å². The molecule has 1 N–H and O–H groups in total. The summed E-state index contributed by atoms with van der Waals surface area (Å²) in [5.41, 5.74) is 4.63. The zero-order chi connectivity index (χ0) is 23.0. The Bertz CT molecular complexity index is 1020. The van der Waals surface area contributed by atoms with Crippen LogP contribution in [-0.4, -0.2) is 64.6 Å². The molecule has 0 radical (unpaired) electrons. The maximum atomic E-state index is 5.29. The molecule has 0 saturated heterocycles. The lowest BCUT2D eigenvalue weighted by molar-refractivity contribution is 0.241. The molecule has 0 fully saturated rings. The van der Waals surface area contributed by atoms with Crippen LogP contribution in [0.5, 0.6) is 5.75 Å². The first kappa shape index (κ1) is 23.1. The van der Waals surface area contributed by atoms with Gasteiger partial charge in [0.2, 0.25) is 0 Å². The van der Waals surface area contributed by atoms with Crippen molar-refractivity contribution in [2.45, 2.75) is 33.4 Å². The standard InChI is InChI=1S/C26H34N6O/c1-4-31(5-2)17-15-28-26-23-12-16-32(18-20-6-8-22(33-3)9-7-20)19-24(23)29-25(30-26)21-10-13-27-14-11-21/h6-11,13-14H,4-5,12,15-19H2,1-3H3,(H,28,29,30). The molecule has 2 aromatic heterocycles. The summed E-state index contributed by atoms with van der Waals surface area (Å²) in [5, 5.41) is 3.62. The third kappa shape index (κ3) is 5.86. The summed E-state index contributed by atoms with van der Waals surface area (Å²) in [4.78, 5) is 18.9. The molecule has 0 aliphatic carbocycles. The molecule has 0 amide bonds. The summed E-state index contributed by atoms with van der Waals surface area (Å²) in [6.45, 7) is 11.1. The summed E-state index contributed by atoms with van der Waals surface area (Å²) in [5.74, 6) is 2.62. The normalized spacial score (nSPS) is 13.7. The van der Waals surface area contributed by atoms with Crippen LogP contribution in [0.25, 0.3) is 11.4 Å². The highest BCUT2D eigenvalue weighted by Gasteiger charge is 2.23. The van der Waals surface area contributed by atoms with Gasteiger partial charge in [-0.3, -0.25) is 9.88 Å². The summed E-state index contributed by atoms with van der Waals surface area (Å²) in [7, 11) is 1.70. The van der Waals surface area contributed by atoms with Gasteiger partial charge >= 0.3 is 0 Å². The summed E-state index contributed by atoms with van der Waals surface area (Å²) < 4.78 is 5.29. The quantitative estimate of drug-likeness (QED) is 0.507. The molecule has 7 heteroatoms. The molecule has 7 nitrogen and oxygen atoms in total. The molecule has 1 aliphatic heterocycles. The lowest BCUT2D eigenvalue weighted by Gasteiger charge is -2.30. The van der Waals surface area contributed by atoms with Crippen molar-refractivity contribution in [2.75, 3.05) is 45.2 Å². The van der Waals surface area contributed by atoms with Crippen molar-refractivity contribution >= 4 is 5.82 Å². The van der Waals surface area contributed by atoms with Crippen LogP contribution < -0.4 is 10.1 Å². The molecule has 4 rings (SSSR count). The van der Waals surface area contributed by atoms with E-state index >= 15 is 0 Å². The van der Waals surface area contributed by atoms with Crippen molar-refractivity contribution in [1.82, 2.24) is 24.8 Å². The fourth-order valence-electron chi connectivity index (χ4n) is 4.26. The molecule has 33 heavy (non-hydrogen) atoms. The van der Waals surface area contributed by atoms with Gasteiger partial charge in [0.1, 0.15) is 11.6 Å². The zero-order valence-corrected chi connectivity index (χ0v) is 19.9. The number of methoxy groups -OCH3 is 1. The van der Waals surface area contributed by atoms with Crippen LogP contribution in [0.4, 0.5) is 5.82 Å². The van der Waals surface area contributed by atoms with Crippen LogP contribution in [0.3, 0.4) is 0 Å². The van der Waals surface area contributed by atoms with Crippen molar-refractivity contribution in [1.29, 1.82) is 0 Å². The molecule has 1 aromatic carbocycles. The van der Waals surface area contributed by atoms with Crippen LogP contribution in [0.2, 0.25) is 0 Å². The van der Waals surface area contributed by atoms with Crippen LogP contribution >= 0.6 is 0 Å². The fourth-order valence-corrected chi connectivity index (χ4v) is 4.26. The summed E-state index contributed by atoms with van der Waals surface area (Å²) >= 11 is 0. The van der Waals surface area contributed by atoms with Crippen LogP contribution in [0.1, 0.15) is 30.7 Å². The third-order valence-corrected chi connectivity index (χ3v) is 6.26. The number of rotatable bonds is 10. The second-order valence-corrected chi connectivity index (χ2v) is 8.32. The molecule has 1 aliphatic rings. The number of aromatic nitrogens is 3. The molecule has 0 bridgehead atoms. The average molecular weight is 447 g/mol. The van der Waals surface area contributed by atoms with Gasteiger partial charge in [0.25, 0.3) is 0 Å². The van der Waals surface area contributed by atoms with E-state index in [4.69, 9.17) is 14.7 Å². The van der Waals surface area contributed by atoms with Gasteiger partial charge in [0.15, 0.2) is 5.82 Å². The van der Waals surface area contributed by atoms with E-state index in [9.17, 15) is 0 Å². The fraction of sp³-hybridized carbons (Fsp3) is 0.423. The monoisotopic (exact) mass is 446 g/mol. The number of nitrogens with one attached hydrogen (secondary N) is 1. The van der Waals surface area contributed by atoms with Crippen molar-refractivity contribution in [3.63, 3.8) is 0 Å². The Morgan fingerprint density at radius 1 is 1.03 bits per heavy atom. The van der Waals surface area contributed by atoms with Gasteiger partial charge in [0, 0.05) is 56.2 Å². The topological polar surface area (TPSA) is 66.4 Å². The smallest absolute Gasteiger partial charge is 0.161 e. The van der Waals surface area contributed by atoms with E-state index in [2.05, 4.69) is 46.1 Å². The molecule has 0 spiro atoms. The lowest BCUT2D eigenvalue weighted by atomic mass is 10.0. The minimum absolute atomic E-state index is 0.757. The van der Waals surface area contributed by atoms with E-state index in [0.29, 0.717) is 0 Å². The predicted octanol–water partition coefficient (Wildman–Crippen LogP) is 3.86. The molecule has 0 unspecified atom stereocenters. The van der Waals surface area contributed by atoms with E-state index < -0.39 is 0 Å². The maximum absolute atomic E-state index is 5.29. The van der Waals surface area contributed by atoms with Gasteiger partial charge in [-0.25, -0.2) is 9.97 Å². The number of pyridine rings is 1. The molecule has 3 aromatic rings. The third-order valence-electron chi connectivity index (χ3n) is 6.26. The van der Waals surface area contributed by atoms with Gasteiger partial charge < -0.3 is 15.0 Å². The Hall–Kier alpha value is -3.03. The number of anilines is 1. The predicted molar refractivity (Wildman–Crippen MR) is 132 cm³/mol. The first-order valence-electron chi connectivity index (χ1n) is 11.8. The van der Waals surface area contributed by atoms with Gasteiger partial charge in [-0.15, -0.1) is 0 Å². The summed E-state index contributed by atoms with van der Waals surface area (Å²) in [6, 6.07) is 12.3. The van der Waals surface area contributed by atoms with Crippen molar-refractivity contribution in [2.24, 2.45) is 0 Å². The Labute approximate surface area is 196 Å². The number of likely N-dealkylation sites (N-methyl/N-ethyl adjacent to an activating group) is 1. The second-order valence-electron chi connectivity index (χ2n) is 8.32. The van der Waals surface area contributed by atoms with Crippen molar-refractivity contribution in [3.05, 3.63) is 65.6 Å². The highest BCUT2D eigenvalue weighted by Crippen LogP contribution is 2.28. The van der Waals surface area contributed by atoms with Crippen molar-refractivity contribution in [3.8, 4) is 17.1 Å². The number of hydrogen-bond acceptors (Lipinski definition) is 7. The molecular formula is C26H34N6O. The van der Waals surface area contributed by atoms with Crippen LogP contribution in [-0.2, 0) is 19.5 Å². The minimum atomic E-state index is 0.757. The Morgan fingerprint density at radius 2 is 1.79 bits per heavy atom. The highest BCUT2D eigenvalue weighted by molar-refractivity contribution is 5.59. The second kappa shape index (κ2) is 11.2. The highest BCUT2D eigenvalue weighted by atomic mass is 16.5. The first-order valence-corrected chi connectivity index (χ1v) is 11.8. The van der Waals surface area contributed by atoms with Crippen molar-refractivity contribution < 1.29 is 4.74 Å². The van der Waals surface area contributed by atoms with E-state index in [0.717, 1.165) is 80.9 Å². The van der Waals surface area contributed by atoms with Gasteiger partial charge in [0.05, 0.1) is 12.8 Å². The Morgan fingerprint density at radius 3 is 2.48 bits per heavy atom. The zero-order valence-electron chi connectivity index (χ0n) is 19.9. The van der Waals surface area contributed by atoms with E-state index in [-0.39, 0.29) is 0 Å². The molecule has 0 saturated carbocycles. The minimum Gasteiger partial charge on any atom is -0.497 e. The number of benzene rings is 1. The number of fused-ring (bicyclic) bond motifs is 1. The number of hydrogen-bond donors (Lipinski definition) is 1. The Balaban J connectivity index is 1.55. The largest absolute Gasteiger partial charge is 0.497 e. The van der Waals surface area contributed by atoms with Crippen LogP contribution in [0, 0.1) is 0 Å². The van der Waals surface area contributed by atoms with E-state index in [1.54, 1.807) is 19.5 Å². The summed E-state index contributed by atoms with van der Waals surface area (Å²) in [6.07, 6.45) is 4.53. The van der Waals surface area contributed by atoms with E-state index in [1.165, 1.54) is 11.1 Å².